The first kappa shape index (κ1) is 7.29. The lowest BCUT2D eigenvalue weighted by Crippen LogP contribution is -1.90. The fourth-order valence-electron chi connectivity index (χ4n) is 0.738. The van der Waals surface area contributed by atoms with Gasteiger partial charge in [-0.25, -0.2) is 0 Å². The van der Waals surface area contributed by atoms with Gasteiger partial charge in [0.15, 0.2) is 0 Å². The molecule has 0 saturated carbocycles. The van der Waals surface area contributed by atoms with Gasteiger partial charge in [0.05, 0.1) is 6.61 Å². The lowest BCUT2D eigenvalue weighted by atomic mass is 10.2. The van der Waals surface area contributed by atoms with Crippen LogP contribution in [-0.4, -0.2) is 6.61 Å². The van der Waals surface area contributed by atoms with Gasteiger partial charge >= 0.3 is 0 Å². The summed E-state index contributed by atoms with van der Waals surface area (Å²) in [5.74, 6) is 0. The van der Waals surface area contributed by atoms with E-state index in [4.69, 9.17) is 4.74 Å². The Labute approximate surface area is 61.6 Å². The van der Waals surface area contributed by atoms with E-state index in [9.17, 15) is 0 Å². The van der Waals surface area contributed by atoms with Crippen molar-refractivity contribution >= 4 is 0 Å². The molecule has 0 amide bonds. The maximum atomic E-state index is 5.21. The Kier molecular flexibility index (Phi) is 2.97. The summed E-state index contributed by atoms with van der Waals surface area (Å²) in [4.78, 5) is 0. The molecule has 0 atom stereocenters. The fourth-order valence-corrected chi connectivity index (χ4v) is 0.738. The highest BCUT2D eigenvalue weighted by Gasteiger charge is 1.87. The van der Waals surface area contributed by atoms with Gasteiger partial charge in [-0.2, -0.15) is 0 Å². The minimum absolute atomic E-state index is 0.713. The number of benzene rings is 1. The second-order valence-corrected chi connectivity index (χ2v) is 2.05. The molecule has 53 valence electrons. The maximum Gasteiger partial charge on any atom is 0.0716 e. The van der Waals surface area contributed by atoms with Crippen LogP contribution in [0.4, 0.5) is 0 Å². The first-order valence-electron chi connectivity index (χ1n) is 3.46. The van der Waals surface area contributed by atoms with E-state index in [2.05, 4.69) is 6.07 Å². The van der Waals surface area contributed by atoms with E-state index < -0.39 is 0 Å². The van der Waals surface area contributed by atoms with Gasteiger partial charge in [-0.1, -0.05) is 24.3 Å². The number of hydrogen-bond acceptors (Lipinski definition) is 1. The van der Waals surface area contributed by atoms with Crippen LogP contribution in [0, 0.1) is 6.07 Å². The first-order valence-corrected chi connectivity index (χ1v) is 3.46. The highest BCUT2D eigenvalue weighted by molar-refractivity contribution is 5.12. The lowest BCUT2D eigenvalue weighted by molar-refractivity contribution is 0.134. The molecule has 1 aromatic carbocycles. The molecule has 1 aromatic rings. The summed E-state index contributed by atoms with van der Waals surface area (Å²) in [6.45, 7) is 3.48. The molecule has 0 aliphatic carbocycles. The molecule has 1 nitrogen and oxygen atoms in total. The van der Waals surface area contributed by atoms with E-state index in [0.29, 0.717) is 6.61 Å². The summed E-state index contributed by atoms with van der Waals surface area (Å²) in [5, 5.41) is 0. The summed E-state index contributed by atoms with van der Waals surface area (Å²) in [6, 6.07) is 10.8. The molecule has 0 bridgehead atoms. The maximum absolute atomic E-state index is 5.21. The van der Waals surface area contributed by atoms with Gasteiger partial charge in [0, 0.05) is 6.61 Å². The molecule has 1 radical (unpaired) electrons. The van der Waals surface area contributed by atoms with E-state index >= 15 is 0 Å². The zero-order chi connectivity index (χ0) is 7.23. The number of hydrogen-bond donors (Lipinski definition) is 0. The van der Waals surface area contributed by atoms with Crippen molar-refractivity contribution < 1.29 is 4.74 Å². The fraction of sp³-hybridized carbons (Fsp3) is 0.333. The lowest BCUT2D eigenvalue weighted by Gasteiger charge is -1.98. The monoisotopic (exact) mass is 135 g/mol. The summed E-state index contributed by atoms with van der Waals surface area (Å²) < 4.78 is 5.21. The third-order valence-electron chi connectivity index (χ3n) is 1.26. The van der Waals surface area contributed by atoms with Crippen LogP contribution in [0.25, 0.3) is 0 Å². The van der Waals surface area contributed by atoms with Crippen LogP contribution in [0.3, 0.4) is 0 Å². The van der Waals surface area contributed by atoms with E-state index in [1.165, 1.54) is 5.56 Å². The minimum Gasteiger partial charge on any atom is -0.377 e. The van der Waals surface area contributed by atoms with Crippen LogP contribution in [0.5, 0.6) is 0 Å². The smallest absolute Gasteiger partial charge is 0.0716 e. The van der Waals surface area contributed by atoms with Gasteiger partial charge in [-0.05, 0) is 18.6 Å². The van der Waals surface area contributed by atoms with Crippen LogP contribution >= 0.6 is 0 Å². The quantitative estimate of drug-likeness (QED) is 0.616. The average Bonchev–Trinajstić information content (AvgIpc) is 2.03. The van der Waals surface area contributed by atoms with Crippen molar-refractivity contribution in [2.45, 2.75) is 13.5 Å². The zero-order valence-corrected chi connectivity index (χ0v) is 6.13. The predicted octanol–water partition coefficient (Wildman–Crippen LogP) is 2.02. The van der Waals surface area contributed by atoms with Crippen molar-refractivity contribution in [3.05, 3.63) is 35.9 Å². The predicted molar refractivity (Wildman–Crippen MR) is 40.6 cm³/mol. The third-order valence-corrected chi connectivity index (χ3v) is 1.26. The van der Waals surface area contributed by atoms with Crippen molar-refractivity contribution in [3.8, 4) is 0 Å². The largest absolute Gasteiger partial charge is 0.377 e. The molecule has 0 spiro atoms. The molecule has 1 rings (SSSR count). The molecule has 0 aliphatic rings. The average molecular weight is 135 g/mol. The molecule has 0 fully saturated rings. The van der Waals surface area contributed by atoms with Gasteiger partial charge < -0.3 is 4.74 Å². The van der Waals surface area contributed by atoms with Gasteiger partial charge in [0.2, 0.25) is 0 Å². The van der Waals surface area contributed by atoms with E-state index in [0.717, 1.165) is 6.61 Å². The Balaban J connectivity index is 2.43. The van der Waals surface area contributed by atoms with Crippen molar-refractivity contribution in [2.24, 2.45) is 0 Å². The number of ether oxygens (including phenoxy) is 1. The normalized spacial score (nSPS) is 9.70. The van der Waals surface area contributed by atoms with Crippen LogP contribution < -0.4 is 0 Å². The van der Waals surface area contributed by atoms with E-state index in [1.54, 1.807) is 0 Å². The van der Waals surface area contributed by atoms with Gasteiger partial charge in [0.25, 0.3) is 0 Å². The van der Waals surface area contributed by atoms with Crippen molar-refractivity contribution in [1.29, 1.82) is 0 Å². The zero-order valence-electron chi connectivity index (χ0n) is 6.13. The Morgan fingerprint density at radius 3 is 2.70 bits per heavy atom. The molecule has 1 heteroatoms. The Morgan fingerprint density at radius 2 is 2.10 bits per heavy atom. The Bertz CT molecular complexity index is 169. The van der Waals surface area contributed by atoms with E-state index in [-0.39, 0.29) is 0 Å². The standard InChI is InChI=1S/C9H11O/c1-2-10-8-9-6-4-3-5-7-9/h4-7H,2,8H2,1H3. The molecule has 0 saturated heterocycles. The Morgan fingerprint density at radius 1 is 1.40 bits per heavy atom. The summed E-state index contributed by atoms with van der Waals surface area (Å²) in [7, 11) is 0. The van der Waals surface area contributed by atoms with Crippen LogP contribution in [-0.2, 0) is 11.3 Å². The molecule has 0 aromatic heterocycles. The molecule has 0 unspecified atom stereocenters. The van der Waals surface area contributed by atoms with Crippen LogP contribution in [0.2, 0.25) is 0 Å². The molecular formula is C9H11O. The van der Waals surface area contributed by atoms with Crippen molar-refractivity contribution in [2.75, 3.05) is 6.61 Å². The van der Waals surface area contributed by atoms with Crippen molar-refractivity contribution in [1.82, 2.24) is 0 Å². The van der Waals surface area contributed by atoms with Gasteiger partial charge in [-0.3, -0.25) is 0 Å². The topological polar surface area (TPSA) is 9.23 Å². The second kappa shape index (κ2) is 4.07. The molecule has 0 N–H and O–H groups in total. The highest BCUT2D eigenvalue weighted by atomic mass is 16.5. The molecule has 10 heavy (non-hydrogen) atoms. The molecule has 0 heterocycles. The Hall–Kier alpha value is -0.820. The minimum atomic E-state index is 0.713. The van der Waals surface area contributed by atoms with Crippen LogP contribution in [0.15, 0.2) is 24.3 Å². The summed E-state index contributed by atoms with van der Waals surface area (Å²) >= 11 is 0. The highest BCUT2D eigenvalue weighted by Crippen LogP contribution is 1.98. The van der Waals surface area contributed by atoms with Crippen LogP contribution in [0.1, 0.15) is 12.5 Å². The molecular weight excluding hydrogens is 124 g/mol. The van der Waals surface area contributed by atoms with Crippen molar-refractivity contribution in [3.63, 3.8) is 0 Å². The van der Waals surface area contributed by atoms with Gasteiger partial charge in [-0.15, -0.1) is 0 Å². The second-order valence-electron chi connectivity index (χ2n) is 2.05. The molecule has 0 aliphatic heterocycles. The SMILES string of the molecule is CCOCc1cc[c]cc1. The summed E-state index contributed by atoms with van der Waals surface area (Å²) in [5.41, 5.74) is 1.21. The first-order chi connectivity index (χ1) is 4.93. The van der Waals surface area contributed by atoms with E-state index in [1.807, 2.05) is 31.2 Å². The van der Waals surface area contributed by atoms with Gasteiger partial charge in [0.1, 0.15) is 0 Å². The number of rotatable bonds is 3. The summed E-state index contributed by atoms with van der Waals surface area (Å²) in [6.07, 6.45) is 0. The third kappa shape index (κ3) is 2.19.